The second-order valence-electron chi connectivity index (χ2n) is 6.22. The number of Topliss-reactive ketones (excluding diaryl/α,β-unsaturated/α-hetero) is 1. The molecule has 0 atom stereocenters. The van der Waals surface area contributed by atoms with Crippen molar-refractivity contribution in [1.29, 1.82) is 0 Å². The molecule has 0 aliphatic rings. The topological polar surface area (TPSA) is 47.3 Å². The Labute approximate surface area is 134 Å². The number of benzene rings is 1. The van der Waals surface area contributed by atoms with Crippen LogP contribution in [0.5, 0.6) is 5.75 Å². The number of nitrogens with one attached hydrogen (secondary N) is 1. The van der Waals surface area contributed by atoms with Gasteiger partial charge in [0.2, 0.25) is 0 Å². The Kier molecular flexibility index (Phi) is 9.51. The van der Waals surface area contributed by atoms with Gasteiger partial charge >= 0.3 is 0 Å². The smallest absolute Gasteiger partial charge is 0.130 e. The Morgan fingerprint density at radius 3 is 2.50 bits per heavy atom. The van der Waals surface area contributed by atoms with Crippen molar-refractivity contribution in [2.75, 3.05) is 40.3 Å². The summed E-state index contributed by atoms with van der Waals surface area (Å²) in [5, 5.41) is 2.39. The highest BCUT2D eigenvalue weighted by atomic mass is 16.5. The molecule has 0 bridgehead atoms. The Hall–Kier alpha value is -1.39. The molecule has 0 amide bonds. The minimum Gasteiger partial charge on any atom is -0.494 e. The van der Waals surface area contributed by atoms with Gasteiger partial charge in [-0.3, -0.25) is 0 Å². The average Bonchev–Trinajstić information content (AvgIpc) is 2.48. The van der Waals surface area contributed by atoms with E-state index in [-0.39, 0.29) is 5.78 Å². The average molecular weight is 308 g/mol. The second-order valence-corrected chi connectivity index (χ2v) is 6.22. The van der Waals surface area contributed by atoms with Crippen molar-refractivity contribution in [3.63, 3.8) is 0 Å². The number of carbonyl (C=O) groups is 1. The van der Waals surface area contributed by atoms with Crippen LogP contribution in [0.1, 0.15) is 31.7 Å². The number of hydrogen-bond donors (Lipinski definition) is 2. The van der Waals surface area contributed by atoms with Crippen molar-refractivity contribution in [3.05, 3.63) is 29.8 Å². The second kappa shape index (κ2) is 11.2. The number of nitrogens with two attached hydrogens (primary N) is 1. The molecular formula is C18H32N2O2+2. The fourth-order valence-corrected chi connectivity index (χ4v) is 2.19. The number of unbranched alkanes of at least 4 members (excludes halogenated alkanes) is 1. The summed E-state index contributed by atoms with van der Waals surface area (Å²) < 4.78 is 5.75. The van der Waals surface area contributed by atoms with Gasteiger partial charge in [0.25, 0.3) is 0 Å². The first kappa shape index (κ1) is 18.7. The number of hydrogen-bond acceptors (Lipinski definition) is 2. The van der Waals surface area contributed by atoms with E-state index in [1.54, 1.807) is 6.92 Å². The molecule has 1 aromatic carbocycles. The minimum atomic E-state index is 0.240. The van der Waals surface area contributed by atoms with Crippen LogP contribution in [0.4, 0.5) is 0 Å². The zero-order valence-electron chi connectivity index (χ0n) is 14.4. The highest BCUT2D eigenvalue weighted by molar-refractivity contribution is 5.75. The minimum absolute atomic E-state index is 0.240. The molecule has 0 aliphatic carbocycles. The van der Waals surface area contributed by atoms with Crippen LogP contribution in [0.3, 0.4) is 0 Å². The van der Waals surface area contributed by atoms with Crippen molar-refractivity contribution in [2.45, 2.75) is 32.6 Å². The van der Waals surface area contributed by atoms with Crippen LogP contribution in [-0.2, 0) is 11.2 Å². The maximum atomic E-state index is 11.0. The summed E-state index contributed by atoms with van der Waals surface area (Å²) in [6, 6.07) is 8.11. The van der Waals surface area contributed by atoms with E-state index in [4.69, 9.17) is 4.74 Å². The largest absolute Gasteiger partial charge is 0.494 e. The first-order valence-electron chi connectivity index (χ1n) is 8.40. The molecule has 0 heterocycles. The lowest BCUT2D eigenvalue weighted by molar-refractivity contribution is -0.874. The van der Waals surface area contributed by atoms with Crippen LogP contribution in [0.25, 0.3) is 0 Å². The summed E-state index contributed by atoms with van der Waals surface area (Å²) in [6.07, 6.45) is 3.73. The fourth-order valence-electron chi connectivity index (χ4n) is 2.19. The van der Waals surface area contributed by atoms with Gasteiger partial charge < -0.3 is 19.7 Å². The highest BCUT2D eigenvalue weighted by Crippen LogP contribution is 2.13. The Morgan fingerprint density at radius 1 is 1.14 bits per heavy atom. The van der Waals surface area contributed by atoms with Gasteiger partial charge in [-0.05, 0) is 43.9 Å². The molecule has 124 valence electrons. The van der Waals surface area contributed by atoms with Crippen molar-refractivity contribution >= 4 is 5.78 Å². The van der Waals surface area contributed by atoms with Crippen molar-refractivity contribution in [2.24, 2.45) is 0 Å². The van der Waals surface area contributed by atoms with Crippen LogP contribution in [0.15, 0.2) is 24.3 Å². The van der Waals surface area contributed by atoms with Crippen LogP contribution in [-0.4, -0.2) is 46.1 Å². The zero-order chi connectivity index (χ0) is 16.2. The summed E-state index contributed by atoms with van der Waals surface area (Å²) in [4.78, 5) is 12.5. The summed E-state index contributed by atoms with van der Waals surface area (Å²) in [7, 11) is 4.38. The number of rotatable bonds is 12. The van der Waals surface area contributed by atoms with E-state index in [0.717, 1.165) is 25.2 Å². The van der Waals surface area contributed by atoms with Crippen molar-refractivity contribution in [1.82, 2.24) is 0 Å². The molecular weight excluding hydrogens is 276 g/mol. The van der Waals surface area contributed by atoms with Crippen LogP contribution < -0.4 is 15.0 Å². The lowest BCUT2D eigenvalue weighted by Gasteiger charge is -2.08. The molecule has 0 aliphatic heterocycles. The number of likely N-dealkylation sites (N-methyl/N-ethyl adjacent to an activating group) is 1. The Morgan fingerprint density at radius 2 is 1.86 bits per heavy atom. The molecule has 3 N–H and O–H groups in total. The van der Waals surface area contributed by atoms with E-state index in [1.807, 2.05) is 12.1 Å². The van der Waals surface area contributed by atoms with E-state index in [0.29, 0.717) is 6.42 Å². The zero-order valence-corrected chi connectivity index (χ0v) is 14.4. The number of ketones is 1. The molecule has 4 nitrogen and oxygen atoms in total. The third-order valence-corrected chi connectivity index (χ3v) is 3.61. The molecule has 0 saturated carbocycles. The van der Waals surface area contributed by atoms with Crippen LogP contribution >= 0.6 is 0 Å². The summed E-state index contributed by atoms with van der Waals surface area (Å²) in [5.41, 5.74) is 1.19. The molecule has 0 radical (unpaired) electrons. The molecule has 4 heteroatoms. The fraction of sp³-hybridized carbons (Fsp3) is 0.611. The molecule has 0 aromatic heterocycles. The van der Waals surface area contributed by atoms with Gasteiger partial charge in [-0.2, -0.15) is 0 Å². The maximum absolute atomic E-state index is 11.0. The van der Waals surface area contributed by atoms with Gasteiger partial charge in [0.1, 0.15) is 24.6 Å². The van der Waals surface area contributed by atoms with E-state index in [1.165, 1.54) is 36.5 Å². The summed E-state index contributed by atoms with van der Waals surface area (Å²) in [6.45, 7) is 6.01. The van der Waals surface area contributed by atoms with Crippen molar-refractivity contribution < 1.29 is 19.7 Å². The first-order valence-corrected chi connectivity index (χ1v) is 8.40. The number of aryl methyl sites for hydroxylation is 1. The van der Waals surface area contributed by atoms with Gasteiger partial charge in [0.15, 0.2) is 0 Å². The van der Waals surface area contributed by atoms with E-state index < -0.39 is 0 Å². The van der Waals surface area contributed by atoms with Crippen LogP contribution in [0, 0.1) is 0 Å². The highest BCUT2D eigenvalue weighted by Gasteiger charge is 1.99. The molecule has 0 fully saturated rings. The third kappa shape index (κ3) is 9.53. The summed E-state index contributed by atoms with van der Waals surface area (Å²) >= 11 is 0. The van der Waals surface area contributed by atoms with Gasteiger partial charge in [0.05, 0.1) is 27.2 Å². The Bertz CT molecular complexity index is 416. The molecule has 22 heavy (non-hydrogen) atoms. The van der Waals surface area contributed by atoms with E-state index in [9.17, 15) is 4.79 Å². The predicted molar refractivity (Wildman–Crippen MR) is 89.5 cm³/mol. The summed E-state index contributed by atoms with van der Waals surface area (Å²) in [5.74, 6) is 1.16. The van der Waals surface area contributed by atoms with Gasteiger partial charge in [-0.15, -0.1) is 0 Å². The monoisotopic (exact) mass is 308 g/mol. The van der Waals surface area contributed by atoms with E-state index >= 15 is 0 Å². The standard InChI is InChI=1S/C18H30N2O2/c1-16(21)6-7-17-8-10-18(11-9-17)22-15-5-4-12-19-13-14-20(2)3/h8-11,19H,4-7,12-15H2,1-3H3/p+2. The van der Waals surface area contributed by atoms with Gasteiger partial charge in [-0.1, -0.05) is 12.1 Å². The molecule has 0 saturated heterocycles. The van der Waals surface area contributed by atoms with Gasteiger partial charge in [-0.25, -0.2) is 0 Å². The lowest BCUT2D eigenvalue weighted by atomic mass is 10.1. The molecule has 1 rings (SSSR count). The lowest BCUT2D eigenvalue weighted by Crippen LogP contribution is -3.09. The maximum Gasteiger partial charge on any atom is 0.130 e. The third-order valence-electron chi connectivity index (χ3n) is 3.61. The molecule has 1 aromatic rings. The number of quaternary nitrogens is 2. The van der Waals surface area contributed by atoms with Crippen molar-refractivity contribution in [3.8, 4) is 5.75 Å². The van der Waals surface area contributed by atoms with Gasteiger partial charge in [0, 0.05) is 6.42 Å². The Balaban J connectivity index is 2.06. The molecule has 0 unspecified atom stereocenters. The van der Waals surface area contributed by atoms with E-state index in [2.05, 4.69) is 31.5 Å². The quantitative estimate of drug-likeness (QED) is 0.537. The normalized spacial score (nSPS) is 10.9. The number of ether oxygens (including phenoxy) is 1. The van der Waals surface area contributed by atoms with Crippen LogP contribution in [0.2, 0.25) is 0 Å². The number of carbonyl (C=O) groups excluding carboxylic acids is 1. The SMILES string of the molecule is CC(=O)CCc1ccc(OCCCC[NH2+]CC[NH+](C)C)cc1. The predicted octanol–water partition coefficient (Wildman–Crippen LogP) is 0.0751. The molecule has 0 spiro atoms. The first-order chi connectivity index (χ1) is 10.6.